The highest BCUT2D eigenvalue weighted by Gasteiger charge is 1.97. The molecule has 0 aromatic heterocycles. The maximum absolute atomic E-state index is 10.9. The smallest absolute Gasteiger partial charge is 0.318 e. The average Bonchev–Trinajstić information content (AvgIpc) is 2.33. The zero-order valence-corrected chi connectivity index (χ0v) is 7.00. The molecule has 0 bridgehead atoms. The van der Waals surface area contributed by atoms with Crippen molar-refractivity contribution in [1.29, 1.82) is 0 Å². The first kappa shape index (κ1) is 8.59. The van der Waals surface area contributed by atoms with E-state index in [9.17, 15) is 4.79 Å². The lowest BCUT2D eigenvalue weighted by Gasteiger charge is -2.02. The molecule has 1 rings (SSSR count). The number of allylic oxidation sites excluding steroid dienone is 5. The Morgan fingerprint density at radius 2 is 2.33 bits per heavy atom. The molecule has 0 aliphatic heterocycles. The minimum Gasteiger partial charge on any atom is -0.341 e. The molecule has 2 N–H and O–H groups in total. The van der Waals surface area contributed by atoms with Gasteiger partial charge in [0.2, 0.25) is 0 Å². The van der Waals surface area contributed by atoms with E-state index >= 15 is 0 Å². The van der Waals surface area contributed by atoms with E-state index < -0.39 is 0 Å². The molecule has 1 aliphatic carbocycles. The van der Waals surface area contributed by atoms with Gasteiger partial charge in [0, 0.05) is 12.7 Å². The Bertz CT molecular complexity index is 251. The summed E-state index contributed by atoms with van der Waals surface area (Å²) in [6, 6.07) is -0.193. The molecular formula is C9H12N2O. The molecule has 0 fully saturated rings. The molecule has 3 nitrogen and oxygen atoms in total. The van der Waals surface area contributed by atoms with Gasteiger partial charge in [-0.15, -0.1) is 0 Å². The molecule has 0 atom stereocenters. The number of hydrogen-bond acceptors (Lipinski definition) is 1. The zero-order chi connectivity index (χ0) is 8.81. The van der Waals surface area contributed by atoms with E-state index in [1.165, 1.54) is 0 Å². The number of nitrogens with one attached hydrogen (secondary N) is 2. The third kappa shape index (κ3) is 2.62. The Labute approximate surface area is 71.8 Å². The van der Waals surface area contributed by atoms with Crippen LogP contribution < -0.4 is 10.6 Å². The number of amides is 2. The van der Waals surface area contributed by atoms with Crippen LogP contribution in [0.15, 0.2) is 36.1 Å². The molecule has 0 aromatic carbocycles. The SMILES string of the molecule is CNC(=O)NC1=CC=CCC=C1. The van der Waals surface area contributed by atoms with Crippen LogP contribution in [0.5, 0.6) is 0 Å². The molecule has 64 valence electrons. The van der Waals surface area contributed by atoms with Crippen molar-refractivity contribution in [2.45, 2.75) is 6.42 Å². The summed E-state index contributed by atoms with van der Waals surface area (Å²) in [6.45, 7) is 0. The second kappa shape index (κ2) is 4.38. The van der Waals surface area contributed by atoms with Crippen LogP contribution >= 0.6 is 0 Å². The highest BCUT2D eigenvalue weighted by atomic mass is 16.2. The van der Waals surface area contributed by atoms with Crippen molar-refractivity contribution < 1.29 is 4.79 Å². The summed E-state index contributed by atoms with van der Waals surface area (Å²) in [7, 11) is 1.59. The Hall–Kier alpha value is -1.51. The number of carbonyl (C=O) groups is 1. The number of hydrogen-bond donors (Lipinski definition) is 2. The predicted molar refractivity (Wildman–Crippen MR) is 48.6 cm³/mol. The van der Waals surface area contributed by atoms with E-state index in [1.807, 2.05) is 30.4 Å². The highest BCUT2D eigenvalue weighted by Crippen LogP contribution is 2.00. The fourth-order valence-electron chi connectivity index (χ4n) is 0.856. The Kier molecular flexibility index (Phi) is 3.14. The number of rotatable bonds is 1. The van der Waals surface area contributed by atoms with Gasteiger partial charge in [-0.3, -0.25) is 0 Å². The molecule has 0 saturated heterocycles. The highest BCUT2D eigenvalue weighted by molar-refractivity contribution is 5.76. The standard InChI is InChI=1S/C9H12N2O/c1-10-9(12)11-8-6-4-2-3-5-7-8/h2,4-7H,3H2,1H3,(H2,10,11,12). The van der Waals surface area contributed by atoms with Crippen molar-refractivity contribution in [1.82, 2.24) is 10.6 Å². The largest absolute Gasteiger partial charge is 0.341 e. The third-order valence-electron chi connectivity index (χ3n) is 1.47. The molecule has 0 radical (unpaired) electrons. The monoisotopic (exact) mass is 164 g/mol. The van der Waals surface area contributed by atoms with E-state index in [0.717, 1.165) is 12.1 Å². The summed E-state index contributed by atoms with van der Waals surface area (Å²) in [5.41, 5.74) is 0.808. The minimum absolute atomic E-state index is 0.193. The van der Waals surface area contributed by atoms with Crippen molar-refractivity contribution in [3.8, 4) is 0 Å². The van der Waals surface area contributed by atoms with Gasteiger partial charge < -0.3 is 10.6 Å². The molecule has 0 spiro atoms. The van der Waals surface area contributed by atoms with Gasteiger partial charge >= 0.3 is 6.03 Å². The van der Waals surface area contributed by atoms with E-state index in [4.69, 9.17) is 0 Å². The molecule has 3 heteroatoms. The quantitative estimate of drug-likeness (QED) is 0.603. The van der Waals surface area contributed by atoms with Gasteiger partial charge in [0.1, 0.15) is 0 Å². The van der Waals surface area contributed by atoms with Crippen LogP contribution in [-0.4, -0.2) is 13.1 Å². The molecular weight excluding hydrogens is 152 g/mol. The van der Waals surface area contributed by atoms with Gasteiger partial charge in [-0.1, -0.05) is 18.2 Å². The summed E-state index contributed by atoms with van der Waals surface area (Å²) < 4.78 is 0. The van der Waals surface area contributed by atoms with Crippen LogP contribution in [0.3, 0.4) is 0 Å². The fourth-order valence-corrected chi connectivity index (χ4v) is 0.856. The van der Waals surface area contributed by atoms with Crippen molar-refractivity contribution in [3.05, 3.63) is 36.1 Å². The fraction of sp³-hybridized carbons (Fsp3) is 0.222. The van der Waals surface area contributed by atoms with Gasteiger partial charge in [0.25, 0.3) is 0 Å². The molecule has 0 saturated carbocycles. The molecule has 1 aliphatic rings. The predicted octanol–water partition coefficient (Wildman–Crippen LogP) is 1.32. The van der Waals surface area contributed by atoms with Crippen LogP contribution in [-0.2, 0) is 0 Å². The lowest BCUT2D eigenvalue weighted by atomic mass is 10.3. The first-order valence-corrected chi connectivity index (χ1v) is 3.85. The number of urea groups is 1. The zero-order valence-electron chi connectivity index (χ0n) is 7.00. The number of carbonyl (C=O) groups excluding carboxylic acids is 1. The molecule has 0 aromatic rings. The second-order valence-electron chi connectivity index (χ2n) is 2.39. The van der Waals surface area contributed by atoms with E-state index in [2.05, 4.69) is 10.6 Å². The average molecular weight is 164 g/mol. The van der Waals surface area contributed by atoms with Crippen molar-refractivity contribution >= 4 is 6.03 Å². The van der Waals surface area contributed by atoms with Crippen molar-refractivity contribution in [3.63, 3.8) is 0 Å². The summed E-state index contributed by atoms with van der Waals surface area (Å²) >= 11 is 0. The maximum Gasteiger partial charge on any atom is 0.318 e. The summed E-state index contributed by atoms with van der Waals surface area (Å²) in [5.74, 6) is 0. The third-order valence-corrected chi connectivity index (χ3v) is 1.47. The lowest BCUT2D eigenvalue weighted by Crippen LogP contribution is -2.31. The first-order valence-electron chi connectivity index (χ1n) is 3.85. The molecule has 0 unspecified atom stereocenters. The van der Waals surface area contributed by atoms with Crippen LogP contribution in [0.4, 0.5) is 4.79 Å². The summed E-state index contributed by atoms with van der Waals surface area (Å²) in [5, 5.41) is 5.17. The van der Waals surface area contributed by atoms with E-state index in [1.54, 1.807) is 7.05 Å². The summed E-state index contributed by atoms with van der Waals surface area (Å²) in [4.78, 5) is 10.9. The van der Waals surface area contributed by atoms with Gasteiger partial charge in [0.05, 0.1) is 0 Å². The lowest BCUT2D eigenvalue weighted by molar-refractivity contribution is 0.245. The van der Waals surface area contributed by atoms with Crippen molar-refractivity contribution in [2.75, 3.05) is 7.05 Å². The first-order chi connectivity index (χ1) is 5.83. The van der Waals surface area contributed by atoms with Crippen LogP contribution in [0.1, 0.15) is 6.42 Å². The van der Waals surface area contributed by atoms with Crippen molar-refractivity contribution in [2.24, 2.45) is 0 Å². The van der Waals surface area contributed by atoms with Crippen LogP contribution in [0.25, 0.3) is 0 Å². The van der Waals surface area contributed by atoms with Crippen LogP contribution in [0.2, 0.25) is 0 Å². The topological polar surface area (TPSA) is 41.1 Å². The van der Waals surface area contributed by atoms with Gasteiger partial charge in [0.15, 0.2) is 0 Å². The van der Waals surface area contributed by atoms with E-state index in [-0.39, 0.29) is 6.03 Å². The summed E-state index contributed by atoms with van der Waals surface area (Å²) in [6.07, 6.45) is 10.6. The van der Waals surface area contributed by atoms with Crippen LogP contribution in [0, 0.1) is 0 Å². The molecule has 12 heavy (non-hydrogen) atoms. The maximum atomic E-state index is 10.9. The molecule has 2 amide bonds. The van der Waals surface area contributed by atoms with Gasteiger partial charge in [-0.05, 0) is 18.6 Å². The van der Waals surface area contributed by atoms with Gasteiger partial charge in [-0.25, -0.2) is 4.79 Å². The van der Waals surface area contributed by atoms with E-state index in [0.29, 0.717) is 0 Å². The Morgan fingerprint density at radius 3 is 3.08 bits per heavy atom. The normalized spacial score (nSPS) is 14.9. The van der Waals surface area contributed by atoms with Gasteiger partial charge in [-0.2, -0.15) is 0 Å². The minimum atomic E-state index is -0.193. The Balaban J connectivity index is 2.56. The second-order valence-corrected chi connectivity index (χ2v) is 2.39. The Morgan fingerprint density at radius 1 is 1.50 bits per heavy atom. The molecule has 0 heterocycles.